The second-order valence-electron chi connectivity index (χ2n) is 3.51. The molecule has 1 atom stereocenters. The Morgan fingerprint density at radius 1 is 1.56 bits per heavy atom. The fourth-order valence-electron chi connectivity index (χ4n) is 1.30. The summed E-state index contributed by atoms with van der Waals surface area (Å²) in [6.07, 6.45) is 1.58. The first-order valence-electron chi connectivity index (χ1n) is 5.05. The summed E-state index contributed by atoms with van der Waals surface area (Å²) in [6.45, 7) is 3.45. The monoisotopic (exact) mass is 331 g/mol. The van der Waals surface area contributed by atoms with Gasteiger partial charge in [-0.05, 0) is 24.6 Å². The van der Waals surface area contributed by atoms with Crippen LogP contribution >= 0.6 is 27.5 Å². The molecule has 0 bridgehead atoms. The average molecular weight is 333 g/mol. The standard InChI is InChI=1S/C12H11BrClNO3/c1-2-3-10(12(17)18)15-11(16)8-6-7(13)4-5-9(8)14/h2,4-6,10H,1,3H2,(H,15,16)(H,17,18). The number of carboxylic acids is 1. The van der Waals surface area contributed by atoms with Gasteiger partial charge in [-0.3, -0.25) is 4.79 Å². The zero-order chi connectivity index (χ0) is 13.7. The molecule has 2 N–H and O–H groups in total. The molecule has 0 heterocycles. The summed E-state index contributed by atoms with van der Waals surface area (Å²) in [5.41, 5.74) is 0.223. The highest BCUT2D eigenvalue weighted by atomic mass is 79.9. The summed E-state index contributed by atoms with van der Waals surface area (Å²) >= 11 is 9.10. The lowest BCUT2D eigenvalue weighted by Crippen LogP contribution is -2.40. The Morgan fingerprint density at radius 3 is 2.78 bits per heavy atom. The minimum absolute atomic E-state index is 0.146. The van der Waals surface area contributed by atoms with E-state index in [1.807, 2.05) is 0 Å². The molecule has 1 amide bonds. The van der Waals surface area contributed by atoms with E-state index in [2.05, 4.69) is 27.8 Å². The van der Waals surface area contributed by atoms with Gasteiger partial charge >= 0.3 is 5.97 Å². The SMILES string of the molecule is C=CCC(NC(=O)c1cc(Br)ccc1Cl)C(=O)O. The van der Waals surface area contributed by atoms with Gasteiger partial charge < -0.3 is 10.4 Å². The van der Waals surface area contributed by atoms with Crippen molar-refractivity contribution in [3.05, 3.63) is 45.9 Å². The van der Waals surface area contributed by atoms with Crippen molar-refractivity contribution in [3.63, 3.8) is 0 Å². The lowest BCUT2D eigenvalue weighted by molar-refractivity contribution is -0.139. The fourth-order valence-corrected chi connectivity index (χ4v) is 1.86. The molecule has 0 fully saturated rings. The number of benzene rings is 1. The van der Waals surface area contributed by atoms with Crippen LogP contribution in [-0.4, -0.2) is 23.0 Å². The Balaban J connectivity index is 2.89. The second kappa shape index (κ2) is 6.56. The van der Waals surface area contributed by atoms with Crippen molar-refractivity contribution in [2.24, 2.45) is 0 Å². The molecule has 1 aromatic carbocycles. The van der Waals surface area contributed by atoms with Crippen LogP contribution in [0.4, 0.5) is 0 Å². The van der Waals surface area contributed by atoms with Crippen LogP contribution in [0, 0.1) is 0 Å². The Labute approximate surface area is 118 Å². The van der Waals surface area contributed by atoms with E-state index in [-0.39, 0.29) is 17.0 Å². The Morgan fingerprint density at radius 2 is 2.22 bits per heavy atom. The molecule has 4 nitrogen and oxygen atoms in total. The molecule has 1 aromatic rings. The molecule has 0 aromatic heterocycles. The number of carboxylic acid groups (broad SMARTS) is 1. The maximum Gasteiger partial charge on any atom is 0.326 e. The lowest BCUT2D eigenvalue weighted by Gasteiger charge is -2.13. The van der Waals surface area contributed by atoms with Crippen LogP contribution in [0.2, 0.25) is 5.02 Å². The van der Waals surface area contributed by atoms with Crippen LogP contribution in [0.25, 0.3) is 0 Å². The average Bonchev–Trinajstić information content (AvgIpc) is 2.31. The lowest BCUT2D eigenvalue weighted by atomic mass is 10.1. The highest BCUT2D eigenvalue weighted by Crippen LogP contribution is 2.21. The van der Waals surface area contributed by atoms with Crippen LogP contribution in [0.5, 0.6) is 0 Å². The molecule has 6 heteroatoms. The minimum atomic E-state index is -1.12. The number of amides is 1. The summed E-state index contributed by atoms with van der Waals surface area (Å²) in [5.74, 6) is -1.65. The Bertz CT molecular complexity index is 490. The first kappa shape index (κ1) is 14.7. The van der Waals surface area contributed by atoms with Gasteiger partial charge in [-0.2, -0.15) is 0 Å². The molecule has 1 rings (SSSR count). The van der Waals surface area contributed by atoms with Crippen molar-refractivity contribution in [3.8, 4) is 0 Å². The van der Waals surface area contributed by atoms with Gasteiger partial charge in [-0.1, -0.05) is 33.6 Å². The molecule has 0 radical (unpaired) electrons. The number of aliphatic carboxylic acids is 1. The normalized spacial score (nSPS) is 11.7. The molecule has 0 saturated heterocycles. The zero-order valence-electron chi connectivity index (χ0n) is 9.32. The molecule has 0 saturated carbocycles. The summed E-state index contributed by atoms with van der Waals surface area (Å²) in [5, 5.41) is 11.6. The maximum absolute atomic E-state index is 11.9. The van der Waals surface area contributed by atoms with Gasteiger partial charge in [0.15, 0.2) is 0 Å². The van der Waals surface area contributed by atoms with Gasteiger partial charge in [0.1, 0.15) is 6.04 Å². The molecule has 1 unspecified atom stereocenters. The third-order valence-electron chi connectivity index (χ3n) is 2.18. The molecular formula is C12H11BrClNO3. The number of nitrogens with one attached hydrogen (secondary N) is 1. The third-order valence-corrected chi connectivity index (χ3v) is 3.00. The van der Waals surface area contributed by atoms with E-state index >= 15 is 0 Å². The molecule has 0 aliphatic heterocycles. The fraction of sp³-hybridized carbons (Fsp3) is 0.167. The van der Waals surface area contributed by atoms with Crippen molar-refractivity contribution < 1.29 is 14.7 Å². The molecule has 18 heavy (non-hydrogen) atoms. The zero-order valence-corrected chi connectivity index (χ0v) is 11.7. The molecular weight excluding hydrogens is 321 g/mol. The number of carbonyl (C=O) groups is 2. The molecule has 0 spiro atoms. The second-order valence-corrected chi connectivity index (χ2v) is 4.84. The maximum atomic E-state index is 11.9. The summed E-state index contributed by atoms with van der Waals surface area (Å²) in [6, 6.07) is 3.77. The van der Waals surface area contributed by atoms with E-state index in [4.69, 9.17) is 16.7 Å². The van der Waals surface area contributed by atoms with Crippen molar-refractivity contribution in [1.82, 2.24) is 5.32 Å². The van der Waals surface area contributed by atoms with E-state index in [1.165, 1.54) is 12.1 Å². The van der Waals surface area contributed by atoms with E-state index in [0.29, 0.717) is 4.47 Å². The van der Waals surface area contributed by atoms with Crippen LogP contribution in [-0.2, 0) is 4.79 Å². The molecule has 96 valence electrons. The van der Waals surface area contributed by atoms with Gasteiger partial charge in [0.05, 0.1) is 10.6 Å². The largest absolute Gasteiger partial charge is 0.480 e. The highest BCUT2D eigenvalue weighted by molar-refractivity contribution is 9.10. The van der Waals surface area contributed by atoms with Crippen LogP contribution in [0.1, 0.15) is 16.8 Å². The van der Waals surface area contributed by atoms with E-state index < -0.39 is 17.9 Å². The van der Waals surface area contributed by atoms with Gasteiger partial charge in [0.2, 0.25) is 0 Å². The third kappa shape index (κ3) is 3.85. The van der Waals surface area contributed by atoms with Crippen LogP contribution in [0.3, 0.4) is 0 Å². The van der Waals surface area contributed by atoms with Gasteiger partial charge in [0, 0.05) is 4.47 Å². The minimum Gasteiger partial charge on any atom is -0.480 e. The quantitative estimate of drug-likeness (QED) is 0.815. The predicted octanol–water partition coefficient (Wildman–Crippen LogP) is 2.86. The first-order valence-corrected chi connectivity index (χ1v) is 6.22. The van der Waals surface area contributed by atoms with Gasteiger partial charge in [0.25, 0.3) is 5.91 Å². The number of hydrogen-bond donors (Lipinski definition) is 2. The van der Waals surface area contributed by atoms with Crippen molar-refractivity contribution in [1.29, 1.82) is 0 Å². The predicted molar refractivity (Wildman–Crippen MR) is 72.9 cm³/mol. The molecule has 0 aliphatic carbocycles. The topological polar surface area (TPSA) is 66.4 Å². The van der Waals surface area contributed by atoms with Crippen LogP contribution < -0.4 is 5.32 Å². The van der Waals surface area contributed by atoms with Crippen LogP contribution in [0.15, 0.2) is 35.3 Å². The van der Waals surface area contributed by atoms with Crippen molar-refractivity contribution in [2.75, 3.05) is 0 Å². The van der Waals surface area contributed by atoms with Crippen molar-refractivity contribution in [2.45, 2.75) is 12.5 Å². The summed E-state index contributed by atoms with van der Waals surface area (Å²) in [7, 11) is 0. The number of carbonyl (C=O) groups excluding carboxylic acids is 1. The van der Waals surface area contributed by atoms with Gasteiger partial charge in [-0.15, -0.1) is 6.58 Å². The first-order chi connectivity index (χ1) is 8.45. The highest BCUT2D eigenvalue weighted by Gasteiger charge is 2.20. The number of hydrogen-bond acceptors (Lipinski definition) is 2. The Hall–Kier alpha value is -1.33. The number of halogens is 2. The summed E-state index contributed by atoms with van der Waals surface area (Å²) < 4.78 is 0.688. The van der Waals surface area contributed by atoms with Gasteiger partial charge in [-0.25, -0.2) is 4.79 Å². The van der Waals surface area contributed by atoms with E-state index in [1.54, 1.807) is 12.1 Å². The van der Waals surface area contributed by atoms with E-state index in [0.717, 1.165) is 0 Å². The Kier molecular flexibility index (Phi) is 5.37. The molecule has 0 aliphatic rings. The summed E-state index contributed by atoms with van der Waals surface area (Å²) in [4.78, 5) is 22.8. The van der Waals surface area contributed by atoms with E-state index in [9.17, 15) is 9.59 Å². The van der Waals surface area contributed by atoms with Crippen molar-refractivity contribution >= 4 is 39.4 Å². The smallest absolute Gasteiger partial charge is 0.326 e. The number of rotatable bonds is 5.